The fraction of sp³-hybridized carbons (Fsp3) is 0.538. The maximum Gasteiger partial charge on any atom is 0.261 e. The number of rotatable bonds is 6. The lowest BCUT2D eigenvalue weighted by molar-refractivity contribution is -0.127. The van der Waals surface area contributed by atoms with Crippen molar-refractivity contribution >= 4 is 33.2 Å². The number of carbonyl (C=O) groups is 2. The number of sulfonamides is 1. The highest BCUT2D eigenvalue weighted by molar-refractivity contribution is 7.89. The second kappa shape index (κ2) is 6.76. The van der Waals surface area contributed by atoms with Crippen LogP contribution in [0.25, 0.3) is 0 Å². The average molecular weight is 345 g/mol. The van der Waals surface area contributed by atoms with E-state index in [9.17, 15) is 18.0 Å². The molecule has 0 saturated carbocycles. The standard InChI is InChI=1S/C13H19N3O4S2/c1-3-4-16-7-9(5-12(16)17)15-22(19,20)10-6-11(21-8-10)13(18)14-2/h6,8-9,15H,3-5,7H2,1-2H3,(H,14,18)/t9-/m1/s1. The molecule has 22 heavy (non-hydrogen) atoms. The summed E-state index contributed by atoms with van der Waals surface area (Å²) in [7, 11) is -2.24. The fourth-order valence-corrected chi connectivity index (χ4v) is 4.77. The van der Waals surface area contributed by atoms with Crippen LogP contribution in [0.5, 0.6) is 0 Å². The van der Waals surface area contributed by atoms with Crippen LogP contribution in [-0.2, 0) is 14.8 Å². The molecule has 0 aromatic carbocycles. The minimum atomic E-state index is -3.72. The Balaban J connectivity index is 2.07. The van der Waals surface area contributed by atoms with Crippen molar-refractivity contribution in [3.8, 4) is 0 Å². The molecule has 1 aliphatic heterocycles. The zero-order valence-electron chi connectivity index (χ0n) is 12.5. The maximum absolute atomic E-state index is 12.3. The van der Waals surface area contributed by atoms with E-state index in [0.717, 1.165) is 17.8 Å². The number of hydrogen-bond acceptors (Lipinski definition) is 5. The summed E-state index contributed by atoms with van der Waals surface area (Å²) in [5, 5.41) is 3.87. The summed E-state index contributed by atoms with van der Waals surface area (Å²) in [6.07, 6.45) is 1.01. The van der Waals surface area contributed by atoms with E-state index < -0.39 is 16.1 Å². The van der Waals surface area contributed by atoms with Crippen molar-refractivity contribution in [1.29, 1.82) is 0 Å². The molecular weight excluding hydrogens is 326 g/mol. The van der Waals surface area contributed by atoms with Crippen LogP contribution in [-0.4, -0.2) is 51.3 Å². The maximum atomic E-state index is 12.3. The summed E-state index contributed by atoms with van der Waals surface area (Å²) in [5.41, 5.74) is 0. The molecule has 1 atom stereocenters. The van der Waals surface area contributed by atoms with E-state index in [0.29, 0.717) is 18.0 Å². The van der Waals surface area contributed by atoms with Gasteiger partial charge in [0.15, 0.2) is 0 Å². The van der Waals surface area contributed by atoms with Gasteiger partial charge in [0.25, 0.3) is 5.91 Å². The molecule has 9 heteroatoms. The molecule has 2 N–H and O–H groups in total. The summed E-state index contributed by atoms with van der Waals surface area (Å²) in [6, 6.07) is 0.916. The van der Waals surface area contributed by atoms with Crippen molar-refractivity contribution < 1.29 is 18.0 Å². The number of nitrogens with zero attached hydrogens (tertiary/aromatic N) is 1. The molecule has 0 bridgehead atoms. The van der Waals surface area contributed by atoms with Crippen LogP contribution in [0, 0.1) is 0 Å². The predicted molar refractivity (Wildman–Crippen MR) is 83.3 cm³/mol. The van der Waals surface area contributed by atoms with Crippen molar-refractivity contribution in [1.82, 2.24) is 14.9 Å². The van der Waals surface area contributed by atoms with E-state index >= 15 is 0 Å². The number of thiophene rings is 1. The van der Waals surface area contributed by atoms with Crippen molar-refractivity contribution in [2.24, 2.45) is 0 Å². The van der Waals surface area contributed by atoms with Gasteiger partial charge in [-0.25, -0.2) is 13.1 Å². The number of carbonyl (C=O) groups excluding carboxylic acids is 2. The topological polar surface area (TPSA) is 95.6 Å². The van der Waals surface area contributed by atoms with Gasteiger partial charge in [0.1, 0.15) is 0 Å². The lowest BCUT2D eigenvalue weighted by Gasteiger charge is -2.15. The van der Waals surface area contributed by atoms with E-state index in [2.05, 4.69) is 10.0 Å². The zero-order chi connectivity index (χ0) is 16.3. The van der Waals surface area contributed by atoms with E-state index in [1.165, 1.54) is 18.5 Å². The molecule has 0 unspecified atom stereocenters. The van der Waals surface area contributed by atoms with Gasteiger partial charge >= 0.3 is 0 Å². The molecule has 2 heterocycles. The van der Waals surface area contributed by atoms with Crippen LogP contribution in [0.4, 0.5) is 0 Å². The van der Waals surface area contributed by atoms with E-state index in [4.69, 9.17) is 0 Å². The SMILES string of the molecule is CCCN1C[C@H](NS(=O)(=O)c2csc(C(=O)NC)c2)CC1=O. The third-order valence-electron chi connectivity index (χ3n) is 3.37. The molecule has 122 valence electrons. The number of nitrogens with one attached hydrogen (secondary N) is 2. The Hall–Kier alpha value is -1.45. The number of amides is 2. The van der Waals surface area contributed by atoms with Crippen LogP contribution in [0.3, 0.4) is 0 Å². The smallest absolute Gasteiger partial charge is 0.261 e. The van der Waals surface area contributed by atoms with Gasteiger partial charge in [-0.05, 0) is 12.5 Å². The second-order valence-electron chi connectivity index (χ2n) is 5.09. The summed E-state index contributed by atoms with van der Waals surface area (Å²) >= 11 is 1.07. The minimum absolute atomic E-state index is 0.0362. The molecule has 0 spiro atoms. The van der Waals surface area contributed by atoms with Crippen molar-refractivity contribution in [3.63, 3.8) is 0 Å². The Morgan fingerprint density at radius 2 is 2.23 bits per heavy atom. The van der Waals surface area contributed by atoms with Crippen LogP contribution in [0.15, 0.2) is 16.3 Å². The zero-order valence-corrected chi connectivity index (χ0v) is 14.1. The lowest BCUT2D eigenvalue weighted by atomic mass is 10.3. The molecule has 1 saturated heterocycles. The highest BCUT2D eigenvalue weighted by Crippen LogP contribution is 2.21. The van der Waals surface area contributed by atoms with Crippen LogP contribution >= 0.6 is 11.3 Å². The highest BCUT2D eigenvalue weighted by atomic mass is 32.2. The number of likely N-dealkylation sites (tertiary alicyclic amines) is 1. The Morgan fingerprint density at radius 3 is 2.86 bits per heavy atom. The first kappa shape index (κ1) is 16.9. The largest absolute Gasteiger partial charge is 0.354 e. The number of hydrogen-bond donors (Lipinski definition) is 2. The quantitative estimate of drug-likeness (QED) is 0.780. The van der Waals surface area contributed by atoms with Gasteiger partial charge in [-0.3, -0.25) is 9.59 Å². The van der Waals surface area contributed by atoms with E-state index in [-0.39, 0.29) is 23.1 Å². The van der Waals surface area contributed by atoms with Crippen molar-refractivity contribution in [2.75, 3.05) is 20.1 Å². The van der Waals surface area contributed by atoms with Gasteiger partial charge < -0.3 is 10.2 Å². The van der Waals surface area contributed by atoms with Gasteiger partial charge in [-0.15, -0.1) is 11.3 Å². The first-order valence-corrected chi connectivity index (χ1v) is 9.34. The van der Waals surface area contributed by atoms with Gasteiger partial charge in [0, 0.05) is 38.0 Å². The molecule has 0 aliphatic carbocycles. The van der Waals surface area contributed by atoms with Gasteiger partial charge in [0.05, 0.1) is 9.77 Å². The Morgan fingerprint density at radius 1 is 1.50 bits per heavy atom. The van der Waals surface area contributed by atoms with E-state index in [1.54, 1.807) is 4.90 Å². The lowest BCUT2D eigenvalue weighted by Crippen LogP contribution is -2.37. The molecular formula is C13H19N3O4S2. The normalized spacial score (nSPS) is 18.7. The molecule has 0 radical (unpaired) electrons. The predicted octanol–water partition coefficient (Wildman–Crippen LogP) is 0.397. The van der Waals surface area contributed by atoms with Crippen LogP contribution in [0.2, 0.25) is 0 Å². The van der Waals surface area contributed by atoms with Crippen LogP contribution < -0.4 is 10.0 Å². The highest BCUT2D eigenvalue weighted by Gasteiger charge is 2.32. The Labute approximate surface area is 133 Å². The molecule has 1 aromatic rings. The molecule has 2 rings (SSSR count). The molecule has 7 nitrogen and oxygen atoms in total. The molecule has 2 amide bonds. The molecule has 1 aromatic heterocycles. The van der Waals surface area contributed by atoms with E-state index in [1.807, 2.05) is 6.92 Å². The summed E-state index contributed by atoms with van der Waals surface area (Å²) in [6.45, 7) is 2.99. The third-order valence-corrected chi connectivity index (χ3v) is 5.94. The van der Waals surface area contributed by atoms with Crippen molar-refractivity contribution in [3.05, 3.63) is 16.3 Å². The Bertz CT molecular complexity index is 669. The summed E-state index contributed by atoms with van der Waals surface area (Å²) in [5.74, 6) is -0.359. The summed E-state index contributed by atoms with van der Waals surface area (Å²) < 4.78 is 27.2. The average Bonchev–Trinajstić information content (AvgIpc) is 3.06. The molecule has 1 fully saturated rings. The van der Waals surface area contributed by atoms with Gasteiger partial charge in [0.2, 0.25) is 15.9 Å². The van der Waals surface area contributed by atoms with Crippen LogP contribution in [0.1, 0.15) is 29.4 Å². The first-order chi connectivity index (χ1) is 10.4. The Kier molecular flexibility index (Phi) is 5.20. The second-order valence-corrected chi connectivity index (χ2v) is 7.71. The minimum Gasteiger partial charge on any atom is -0.354 e. The van der Waals surface area contributed by atoms with Gasteiger partial charge in [-0.1, -0.05) is 6.92 Å². The van der Waals surface area contributed by atoms with Crippen molar-refractivity contribution in [2.45, 2.75) is 30.7 Å². The van der Waals surface area contributed by atoms with Gasteiger partial charge in [-0.2, -0.15) is 0 Å². The monoisotopic (exact) mass is 345 g/mol. The molecule has 1 aliphatic rings. The summed E-state index contributed by atoms with van der Waals surface area (Å²) in [4.78, 5) is 25.3. The third kappa shape index (κ3) is 3.65. The first-order valence-electron chi connectivity index (χ1n) is 6.98. The fourth-order valence-electron chi connectivity index (χ4n) is 2.33.